The molecule has 1 fully saturated rings. The first-order valence-electron chi connectivity index (χ1n) is 10.4. The second-order valence-corrected chi connectivity index (χ2v) is 9.12. The number of nitrogens with zero attached hydrogens (tertiary/aromatic N) is 3. The van der Waals surface area contributed by atoms with Crippen LogP contribution >= 0.6 is 11.3 Å². The Morgan fingerprint density at radius 1 is 1.29 bits per heavy atom. The van der Waals surface area contributed by atoms with Crippen molar-refractivity contribution in [3.05, 3.63) is 47.2 Å². The van der Waals surface area contributed by atoms with E-state index in [2.05, 4.69) is 26.3 Å². The maximum Gasteiger partial charge on any atom is 0.316 e. The molecule has 1 saturated carbocycles. The van der Waals surface area contributed by atoms with Gasteiger partial charge in [0.15, 0.2) is 0 Å². The van der Waals surface area contributed by atoms with E-state index in [9.17, 15) is 9.90 Å². The van der Waals surface area contributed by atoms with E-state index in [0.29, 0.717) is 23.3 Å². The molecule has 0 bridgehead atoms. The van der Waals surface area contributed by atoms with Crippen LogP contribution in [0.2, 0.25) is 0 Å². The Labute approximate surface area is 185 Å². The van der Waals surface area contributed by atoms with Gasteiger partial charge in [-0.1, -0.05) is 25.8 Å². The molecule has 0 saturated heterocycles. The highest BCUT2D eigenvalue weighted by molar-refractivity contribution is 7.15. The highest BCUT2D eigenvalue weighted by Gasteiger charge is 2.48. The molecule has 1 aliphatic carbocycles. The van der Waals surface area contributed by atoms with Gasteiger partial charge in [-0.05, 0) is 48.9 Å². The van der Waals surface area contributed by atoms with Crippen LogP contribution in [0.25, 0.3) is 10.4 Å². The SMILES string of the molecule is COc1ccnc(Nc2cc(C)cc(-c3cnc(C4(C(=O)O)CCCCC4C)s3)c2)n1. The lowest BCUT2D eigenvalue weighted by Gasteiger charge is -2.37. The minimum atomic E-state index is -0.888. The molecule has 1 aliphatic rings. The molecular formula is C23H26N4O3S. The van der Waals surface area contributed by atoms with Crippen molar-refractivity contribution in [3.63, 3.8) is 0 Å². The quantitative estimate of drug-likeness (QED) is 0.546. The van der Waals surface area contributed by atoms with Crippen LogP contribution < -0.4 is 10.1 Å². The third kappa shape index (κ3) is 4.12. The number of carboxylic acid groups (broad SMARTS) is 1. The number of carbonyl (C=O) groups is 1. The van der Waals surface area contributed by atoms with E-state index in [1.807, 2.05) is 26.0 Å². The van der Waals surface area contributed by atoms with Crippen LogP contribution in [0.15, 0.2) is 36.7 Å². The molecule has 8 heteroatoms. The zero-order valence-corrected chi connectivity index (χ0v) is 18.7. The van der Waals surface area contributed by atoms with Gasteiger partial charge < -0.3 is 15.2 Å². The normalized spacial score (nSPS) is 20.9. The van der Waals surface area contributed by atoms with Gasteiger partial charge in [0.2, 0.25) is 11.8 Å². The Kier molecular flexibility index (Phi) is 5.91. The molecule has 2 heterocycles. The number of hydrogen-bond donors (Lipinski definition) is 2. The molecule has 0 radical (unpaired) electrons. The Balaban J connectivity index is 1.66. The third-order valence-electron chi connectivity index (χ3n) is 6.03. The zero-order chi connectivity index (χ0) is 22.0. The molecule has 3 aromatic rings. The molecule has 0 amide bonds. The molecule has 162 valence electrons. The van der Waals surface area contributed by atoms with Crippen molar-refractivity contribution in [1.82, 2.24) is 15.0 Å². The molecular weight excluding hydrogens is 412 g/mol. The second-order valence-electron chi connectivity index (χ2n) is 8.09. The summed E-state index contributed by atoms with van der Waals surface area (Å²) in [5.41, 5.74) is 2.01. The summed E-state index contributed by atoms with van der Waals surface area (Å²) in [7, 11) is 1.56. The highest BCUT2D eigenvalue weighted by atomic mass is 32.1. The maximum atomic E-state index is 12.3. The molecule has 1 aromatic carbocycles. The van der Waals surface area contributed by atoms with Crippen LogP contribution in [-0.4, -0.2) is 33.1 Å². The van der Waals surface area contributed by atoms with Gasteiger partial charge in [0.25, 0.3) is 0 Å². The van der Waals surface area contributed by atoms with Crippen molar-refractivity contribution >= 4 is 28.9 Å². The van der Waals surface area contributed by atoms with Crippen molar-refractivity contribution in [3.8, 4) is 16.3 Å². The van der Waals surface area contributed by atoms with Crippen LogP contribution in [-0.2, 0) is 10.2 Å². The largest absolute Gasteiger partial charge is 0.481 e. The fraction of sp³-hybridized carbons (Fsp3) is 0.391. The Bertz CT molecular complexity index is 1100. The molecule has 2 atom stereocenters. The van der Waals surface area contributed by atoms with E-state index in [0.717, 1.165) is 41.0 Å². The summed E-state index contributed by atoms with van der Waals surface area (Å²) in [5.74, 6) is 0.236. The first-order valence-corrected chi connectivity index (χ1v) is 11.2. The molecule has 4 rings (SSSR count). The molecule has 2 unspecified atom stereocenters. The number of aryl methyl sites for hydroxylation is 1. The molecule has 2 N–H and O–H groups in total. The number of benzene rings is 1. The fourth-order valence-electron chi connectivity index (χ4n) is 4.33. The van der Waals surface area contributed by atoms with Gasteiger partial charge in [0.05, 0.1) is 12.0 Å². The van der Waals surface area contributed by atoms with Crippen molar-refractivity contribution in [2.45, 2.75) is 44.9 Å². The number of thiazole rings is 1. The van der Waals surface area contributed by atoms with Crippen molar-refractivity contribution in [2.24, 2.45) is 5.92 Å². The van der Waals surface area contributed by atoms with E-state index in [-0.39, 0.29) is 5.92 Å². The van der Waals surface area contributed by atoms with E-state index in [1.165, 1.54) is 11.3 Å². The molecule has 0 aliphatic heterocycles. The molecule has 31 heavy (non-hydrogen) atoms. The molecule has 2 aromatic heterocycles. The van der Waals surface area contributed by atoms with E-state index in [1.54, 1.807) is 25.6 Å². The second kappa shape index (κ2) is 8.63. The summed E-state index contributed by atoms with van der Waals surface area (Å²) < 4.78 is 5.16. The first kappa shape index (κ1) is 21.2. The highest BCUT2D eigenvalue weighted by Crippen LogP contribution is 2.46. The smallest absolute Gasteiger partial charge is 0.316 e. The summed E-state index contributed by atoms with van der Waals surface area (Å²) in [4.78, 5) is 26.4. The summed E-state index contributed by atoms with van der Waals surface area (Å²) in [6, 6.07) is 7.78. The standard InChI is InChI=1S/C23H26N4O3S/c1-14-10-16(12-17(11-14)26-22-24-9-7-19(27-22)30-3)18-13-25-20(31-18)23(21(28)29)8-5-4-6-15(23)2/h7,9-13,15H,4-6,8H2,1-3H3,(H,28,29)(H,24,26,27). The van der Waals surface area contributed by atoms with Gasteiger partial charge in [0, 0.05) is 24.1 Å². The van der Waals surface area contributed by atoms with Gasteiger partial charge in [-0.25, -0.2) is 9.97 Å². The van der Waals surface area contributed by atoms with E-state index >= 15 is 0 Å². The van der Waals surface area contributed by atoms with Gasteiger partial charge in [0.1, 0.15) is 10.4 Å². The lowest BCUT2D eigenvalue weighted by atomic mass is 9.67. The Hall–Kier alpha value is -3.00. The number of ether oxygens (including phenoxy) is 1. The van der Waals surface area contributed by atoms with E-state index in [4.69, 9.17) is 4.74 Å². The first-order chi connectivity index (χ1) is 14.9. The maximum absolute atomic E-state index is 12.3. The van der Waals surface area contributed by atoms with Crippen molar-refractivity contribution in [2.75, 3.05) is 12.4 Å². The van der Waals surface area contributed by atoms with Gasteiger partial charge in [-0.15, -0.1) is 11.3 Å². The number of nitrogens with one attached hydrogen (secondary N) is 1. The van der Waals surface area contributed by atoms with Gasteiger partial charge >= 0.3 is 5.97 Å². The number of aliphatic carboxylic acids is 1. The van der Waals surface area contributed by atoms with E-state index < -0.39 is 11.4 Å². The Morgan fingerprint density at radius 3 is 2.87 bits per heavy atom. The average molecular weight is 439 g/mol. The minimum absolute atomic E-state index is 0.0673. The van der Waals surface area contributed by atoms with Crippen LogP contribution in [0.3, 0.4) is 0 Å². The lowest BCUT2D eigenvalue weighted by Crippen LogP contribution is -2.44. The predicted molar refractivity (Wildman–Crippen MR) is 121 cm³/mol. The lowest BCUT2D eigenvalue weighted by molar-refractivity contribution is -0.147. The number of hydrogen-bond acceptors (Lipinski definition) is 7. The fourth-order valence-corrected chi connectivity index (χ4v) is 5.56. The van der Waals surface area contributed by atoms with Gasteiger partial charge in [-0.2, -0.15) is 4.98 Å². The third-order valence-corrected chi connectivity index (χ3v) is 7.25. The molecule has 7 nitrogen and oxygen atoms in total. The summed E-state index contributed by atoms with van der Waals surface area (Å²) in [6.45, 7) is 4.06. The number of rotatable bonds is 6. The van der Waals surface area contributed by atoms with Gasteiger partial charge in [-0.3, -0.25) is 4.79 Å². The summed E-state index contributed by atoms with van der Waals surface area (Å²) in [6.07, 6.45) is 6.99. The summed E-state index contributed by atoms with van der Waals surface area (Å²) >= 11 is 1.48. The number of aromatic nitrogens is 3. The van der Waals surface area contributed by atoms with Crippen molar-refractivity contribution < 1.29 is 14.6 Å². The molecule has 0 spiro atoms. The number of methoxy groups -OCH3 is 1. The van der Waals surface area contributed by atoms with Crippen molar-refractivity contribution in [1.29, 1.82) is 0 Å². The number of carboxylic acids is 1. The minimum Gasteiger partial charge on any atom is -0.481 e. The van der Waals surface area contributed by atoms with Crippen LogP contribution in [0.4, 0.5) is 11.6 Å². The van der Waals surface area contributed by atoms with Crippen LogP contribution in [0.1, 0.15) is 43.2 Å². The zero-order valence-electron chi connectivity index (χ0n) is 17.9. The van der Waals surface area contributed by atoms with Crippen LogP contribution in [0, 0.1) is 12.8 Å². The van der Waals surface area contributed by atoms with Crippen LogP contribution in [0.5, 0.6) is 5.88 Å². The topological polar surface area (TPSA) is 97.2 Å². The Morgan fingerprint density at radius 2 is 2.13 bits per heavy atom. The number of anilines is 2. The average Bonchev–Trinajstić information content (AvgIpc) is 3.24. The summed E-state index contributed by atoms with van der Waals surface area (Å²) in [5, 5.41) is 14.0. The monoisotopic (exact) mass is 438 g/mol. The predicted octanol–water partition coefficient (Wildman–Crippen LogP) is 5.19.